The molecule has 0 amide bonds. The van der Waals surface area contributed by atoms with E-state index < -0.39 is 27.7 Å². The molecule has 33 heavy (non-hydrogen) atoms. The Labute approximate surface area is 193 Å². The first-order valence-electron chi connectivity index (χ1n) is 10.8. The zero-order valence-electron chi connectivity index (χ0n) is 19.7. The summed E-state index contributed by atoms with van der Waals surface area (Å²) in [5.74, 6) is -0.827. The second-order valence-electron chi connectivity index (χ2n) is 8.49. The lowest BCUT2D eigenvalue weighted by molar-refractivity contribution is -0.137. The van der Waals surface area contributed by atoms with Gasteiger partial charge in [0.15, 0.2) is 0 Å². The van der Waals surface area contributed by atoms with Crippen molar-refractivity contribution in [2.24, 2.45) is 5.92 Å². The molecule has 0 saturated carbocycles. The largest absolute Gasteiger partial charge is 0.425 e. The molecule has 2 atom stereocenters. The van der Waals surface area contributed by atoms with Crippen molar-refractivity contribution in [3.63, 3.8) is 0 Å². The van der Waals surface area contributed by atoms with E-state index in [9.17, 15) is 18.0 Å². The van der Waals surface area contributed by atoms with Crippen molar-refractivity contribution >= 4 is 27.0 Å². The molecule has 176 valence electrons. The molecule has 0 spiro atoms. The molecule has 0 aliphatic carbocycles. The number of benzene rings is 2. The minimum Gasteiger partial charge on any atom is -0.425 e. The zero-order valence-corrected chi connectivity index (χ0v) is 20.5. The van der Waals surface area contributed by atoms with Crippen LogP contribution in [0.4, 0.5) is 0 Å². The highest BCUT2D eigenvalue weighted by Gasteiger charge is 2.32. The standard InChI is InChI=1S/C25H29NO6S/c1-7-16(4)23(26-33(29,30)19-10-8-14(2)9-11-19)25(28)32-21-13-15(3)12-20-22(21)17(5)18(6)24(27)31-20/h8-13,16,23,26H,7H2,1-6H3/t16-,23+/m0/s1. The molecular formula is C25H29NO6S. The molecule has 0 unspecified atom stereocenters. The second-order valence-corrected chi connectivity index (χ2v) is 10.2. The van der Waals surface area contributed by atoms with E-state index >= 15 is 0 Å². The van der Waals surface area contributed by atoms with Gasteiger partial charge in [0.1, 0.15) is 17.4 Å². The summed E-state index contributed by atoms with van der Waals surface area (Å²) in [6, 6.07) is 8.67. The minimum atomic E-state index is -3.95. The van der Waals surface area contributed by atoms with E-state index in [0.29, 0.717) is 28.5 Å². The maximum absolute atomic E-state index is 13.3. The number of carbonyl (C=O) groups is 1. The second kappa shape index (κ2) is 9.49. The van der Waals surface area contributed by atoms with Crippen molar-refractivity contribution < 1.29 is 22.4 Å². The summed E-state index contributed by atoms with van der Waals surface area (Å²) in [4.78, 5) is 25.4. The van der Waals surface area contributed by atoms with E-state index in [1.54, 1.807) is 52.0 Å². The molecule has 1 aromatic heterocycles. The molecule has 0 aliphatic heterocycles. The first-order chi connectivity index (χ1) is 15.4. The van der Waals surface area contributed by atoms with Crippen molar-refractivity contribution in [2.75, 3.05) is 0 Å². The zero-order chi connectivity index (χ0) is 24.5. The number of esters is 1. The predicted octanol–water partition coefficient (Wildman–Crippen LogP) is 4.33. The highest BCUT2D eigenvalue weighted by Crippen LogP contribution is 2.31. The monoisotopic (exact) mass is 471 g/mol. The highest BCUT2D eigenvalue weighted by atomic mass is 32.2. The smallest absolute Gasteiger partial charge is 0.339 e. The maximum Gasteiger partial charge on any atom is 0.339 e. The molecule has 1 heterocycles. The Morgan fingerprint density at radius 2 is 1.67 bits per heavy atom. The number of aryl methyl sites for hydroxylation is 3. The third-order valence-corrected chi connectivity index (χ3v) is 7.40. The van der Waals surface area contributed by atoms with E-state index in [1.807, 2.05) is 13.8 Å². The van der Waals surface area contributed by atoms with Gasteiger partial charge in [0.05, 0.1) is 10.3 Å². The van der Waals surface area contributed by atoms with Gasteiger partial charge in [-0.05, 0) is 69.0 Å². The van der Waals surface area contributed by atoms with Crippen molar-refractivity contribution in [2.45, 2.75) is 58.9 Å². The molecule has 1 N–H and O–H groups in total. The number of hydrogen-bond acceptors (Lipinski definition) is 6. The molecule has 3 aromatic rings. The summed E-state index contributed by atoms with van der Waals surface area (Å²) in [6.45, 7) is 10.7. The first kappa shape index (κ1) is 24.7. The van der Waals surface area contributed by atoms with E-state index in [-0.39, 0.29) is 16.6 Å². The van der Waals surface area contributed by atoms with E-state index in [2.05, 4.69) is 4.72 Å². The molecular weight excluding hydrogens is 442 g/mol. The van der Waals surface area contributed by atoms with Crippen LogP contribution in [-0.4, -0.2) is 20.4 Å². The molecule has 0 aliphatic rings. The van der Waals surface area contributed by atoms with Crippen molar-refractivity contribution in [3.05, 3.63) is 69.1 Å². The SMILES string of the molecule is CC[C@H](C)[C@@H](NS(=O)(=O)c1ccc(C)cc1)C(=O)Oc1cc(C)cc2oc(=O)c(C)c(C)c12. The van der Waals surface area contributed by atoms with E-state index in [1.165, 1.54) is 12.1 Å². The van der Waals surface area contributed by atoms with Gasteiger partial charge in [-0.2, -0.15) is 4.72 Å². The van der Waals surface area contributed by atoms with Gasteiger partial charge in [0.2, 0.25) is 10.0 Å². The third-order valence-electron chi connectivity index (χ3n) is 5.95. The number of ether oxygens (including phenoxy) is 1. The maximum atomic E-state index is 13.3. The average molecular weight is 472 g/mol. The van der Waals surface area contributed by atoms with Crippen LogP contribution in [0.3, 0.4) is 0 Å². The predicted molar refractivity (Wildman–Crippen MR) is 127 cm³/mol. The van der Waals surface area contributed by atoms with Crippen LogP contribution in [0.25, 0.3) is 11.0 Å². The molecule has 0 radical (unpaired) electrons. The van der Waals surface area contributed by atoms with Crippen LogP contribution < -0.4 is 15.1 Å². The normalized spacial score (nSPS) is 13.6. The fourth-order valence-corrected chi connectivity index (χ4v) is 4.82. The number of fused-ring (bicyclic) bond motifs is 1. The van der Waals surface area contributed by atoms with Gasteiger partial charge in [-0.15, -0.1) is 0 Å². The molecule has 0 fully saturated rings. The van der Waals surface area contributed by atoms with Gasteiger partial charge >= 0.3 is 11.6 Å². The lowest BCUT2D eigenvalue weighted by Gasteiger charge is -2.23. The highest BCUT2D eigenvalue weighted by molar-refractivity contribution is 7.89. The summed E-state index contributed by atoms with van der Waals surface area (Å²) in [5.41, 5.74) is 2.58. The number of hydrogen-bond donors (Lipinski definition) is 1. The summed E-state index contributed by atoms with van der Waals surface area (Å²) < 4.78 is 39.6. The van der Waals surface area contributed by atoms with Crippen LogP contribution in [-0.2, 0) is 14.8 Å². The summed E-state index contributed by atoms with van der Waals surface area (Å²) in [5, 5.41) is 0.510. The summed E-state index contributed by atoms with van der Waals surface area (Å²) in [7, 11) is -3.95. The van der Waals surface area contributed by atoms with Crippen LogP contribution >= 0.6 is 0 Å². The summed E-state index contributed by atoms with van der Waals surface area (Å²) >= 11 is 0. The van der Waals surface area contributed by atoms with Crippen LogP contribution in [0.2, 0.25) is 0 Å². The van der Waals surface area contributed by atoms with Gasteiger partial charge in [-0.1, -0.05) is 38.0 Å². The van der Waals surface area contributed by atoms with Crippen molar-refractivity contribution in [1.29, 1.82) is 0 Å². The van der Waals surface area contributed by atoms with Gasteiger partial charge in [0, 0.05) is 5.56 Å². The lowest BCUT2D eigenvalue weighted by Crippen LogP contribution is -2.47. The Morgan fingerprint density at radius 1 is 1.03 bits per heavy atom. The Kier molecular flexibility index (Phi) is 7.09. The van der Waals surface area contributed by atoms with Crippen molar-refractivity contribution in [1.82, 2.24) is 4.72 Å². The Bertz CT molecular complexity index is 1360. The van der Waals surface area contributed by atoms with E-state index in [0.717, 1.165) is 11.1 Å². The average Bonchev–Trinajstić information content (AvgIpc) is 2.75. The molecule has 7 nitrogen and oxygen atoms in total. The van der Waals surface area contributed by atoms with E-state index in [4.69, 9.17) is 9.15 Å². The number of carbonyl (C=O) groups excluding carboxylic acids is 1. The molecule has 2 aromatic carbocycles. The number of rotatable bonds is 7. The van der Waals surface area contributed by atoms with Crippen molar-refractivity contribution in [3.8, 4) is 5.75 Å². The Morgan fingerprint density at radius 3 is 2.27 bits per heavy atom. The summed E-state index contributed by atoms with van der Waals surface area (Å²) in [6.07, 6.45) is 0.553. The minimum absolute atomic E-state index is 0.0726. The topological polar surface area (TPSA) is 103 Å². The Balaban J connectivity index is 2.01. The van der Waals surface area contributed by atoms with Gasteiger partial charge in [-0.25, -0.2) is 18.0 Å². The van der Waals surface area contributed by atoms with Gasteiger partial charge in [-0.3, -0.25) is 0 Å². The molecule has 0 bridgehead atoms. The fraction of sp³-hybridized carbons (Fsp3) is 0.360. The van der Waals surface area contributed by atoms with Gasteiger partial charge in [0.25, 0.3) is 0 Å². The number of nitrogens with one attached hydrogen (secondary N) is 1. The van der Waals surface area contributed by atoms with Crippen LogP contribution in [0, 0.1) is 33.6 Å². The third kappa shape index (κ3) is 5.17. The molecule has 3 rings (SSSR count). The lowest BCUT2D eigenvalue weighted by atomic mass is 10.00. The Hall–Kier alpha value is -2.97. The first-order valence-corrected chi connectivity index (χ1v) is 12.3. The quantitative estimate of drug-likeness (QED) is 0.313. The molecule has 8 heteroatoms. The van der Waals surface area contributed by atoms with Crippen LogP contribution in [0.15, 0.2) is 50.5 Å². The van der Waals surface area contributed by atoms with Gasteiger partial charge < -0.3 is 9.15 Å². The fourth-order valence-electron chi connectivity index (χ4n) is 3.53. The van der Waals surface area contributed by atoms with Crippen LogP contribution in [0.1, 0.15) is 42.5 Å². The van der Waals surface area contributed by atoms with Crippen LogP contribution in [0.5, 0.6) is 5.75 Å². The number of sulfonamides is 1. The molecule has 0 saturated heterocycles.